The average molecular weight is 427 g/mol. The number of anilines is 1. The summed E-state index contributed by atoms with van der Waals surface area (Å²) in [6.07, 6.45) is 0.501. The number of pyridine rings is 1. The Labute approximate surface area is 182 Å². The molecule has 0 fully saturated rings. The fraction of sp³-hybridized carbons (Fsp3) is 0.435. The van der Waals surface area contributed by atoms with E-state index in [2.05, 4.69) is 15.6 Å². The molecule has 1 aromatic carbocycles. The zero-order valence-electron chi connectivity index (χ0n) is 18.4. The van der Waals surface area contributed by atoms with E-state index in [4.69, 9.17) is 4.74 Å². The number of nitrogens with zero attached hydrogens (tertiary/aromatic N) is 2. The fourth-order valence-corrected chi connectivity index (χ4v) is 3.52. The second-order valence-electron chi connectivity index (χ2n) is 8.61. The molecule has 0 spiro atoms. The molecule has 3 N–H and O–H groups in total. The van der Waals surface area contributed by atoms with E-state index in [9.17, 15) is 14.7 Å². The van der Waals surface area contributed by atoms with Crippen LogP contribution in [-0.4, -0.2) is 58.3 Å². The van der Waals surface area contributed by atoms with Crippen molar-refractivity contribution in [2.75, 3.05) is 18.9 Å². The van der Waals surface area contributed by atoms with Crippen LogP contribution in [0.4, 0.5) is 10.6 Å². The molecule has 0 bridgehead atoms. The molecule has 2 aromatic rings. The summed E-state index contributed by atoms with van der Waals surface area (Å²) in [5.41, 5.74) is 1.84. The molecule has 166 valence electrons. The van der Waals surface area contributed by atoms with Gasteiger partial charge in [-0.2, -0.15) is 0 Å². The third-order valence-corrected chi connectivity index (χ3v) is 5.11. The van der Waals surface area contributed by atoms with Crippen LogP contribution in [0.15, 0.2) is 42.6 Å². The average Bonchev–Trinajstić information content (AvgIpc) is 2.75. The van der Waals surface area contributed by atoms with Crippen molar-refractivity contribution in [3.63, 3.8) is 0 Å². The summed E-state index contributed by atoms with van der Waals surface area (Å²) in [4.78, 5) is 31.0. The number of benzene rings is 1. The third kappa shape index (κ3) is 5.73. The maximum absolute atomic E-state index is 12.8. The normalized spacial score (nSPS) is 16.8. The fourth-order valence-electron chi connectivity index (χ4n) is 3.52. The van der Waals surface area contributed by atoms with Crippen LogP contribution >= 0.6 is 0 Å². The molecular weight excluding hydrogens is 396 g/mol. The number of aliphatic hydroxyl groups excluding tert-OH is 1. The van der Waals surface area contributed by atoms with Gasteiger partial charge in [-0.25, -0.2) is 9.78 Å². The summed E-state index contributed by atoms with van der Waals surface area (Å²) in [7, 11) is 1.75. The number of hydrogen-bond donors (Lipinski definition) is 3. The van der Waals surface area contributed by atoms with Crippen molar-refractivity contribution < 1.29 is 19.4 Å². The maximum Gasteiger partial charge on any atom is 0.410 e. The minimum Gasteiger partial charge on any atom is -0.444 e. The Morgan fingerprint density at radius 1 is 1.23 bits per heavy atom. The molecule has 0 radical (unpaired) electrons. The van der Waals surface area contributed by atoms with Crippen LogP contribution in [0.25, 0.3) is 0 Å². The summed E-state index contributed by atoms with van der Waals surface area (Å²) in [5, 5.41) is 16.5. The predicted octanol–water partition coefficient (Wildman–Crippen LogP) is 2.58. The van der Waals surface area contributed by atoms with Crippen molar-refractivity contribution in [3.8, 4) is 0 Å². The summed E-state index contributed by atoms with van der Waals surface area (Å²) in [6.45, 7) is 5.76. The second-order valence-corrected chi connectivity index (χ2v) is 8.61. The number of aromatic nitrogens is 1. The number of ether oxygens (including phenoxy) is 1. The number of aliphatic hydroxyl groups is 1. The SMILES string of the molecule is CNc1ccc(C(=O)NC[C@@H](O)C2Cc3ccccc3CN2C(=O)OC(C)(C)C)cn1. The molecule has 0 saturated carbocycles. The monoisotopic (exact) mass is 426 g/mol. The van der Waals surface area contributed by atoms with E-state index >= 15 is 0 Å². The lowest BCUT2D eigenvalue weighted by Crippen LogP contribution is -2.54. The number of rotatable bonds is 5. The van der Waals surface area contributed by atoms with Gasteiger partial charge in [0.1, 0.15) is 11.4 Å². The van der Waals surface area contributed by atoms with Gasteiger partial charge in [-0.1, -0.05) is 24.3 Å². The van der Waals surface area contributed by atoms with Gasteiger partial charge in [0, 0.05) is 26.3 Å². The lowest BCUT2D eigenvalue weighted by atomic mass is 9.91. The van der Waals surface area contributed by atoms with Crippen molar-refractivity contribution in [3.05, 3.63) is 59.3 Å². The van der Waals surface area contributed by atoms with Crippen molar-refractivity contribution >= 4 is 17.8 Å². The van der Waals surface area contributed by atoms with Crippen LogP contribution < -0.4 is 10.6 Å². The van der Waals surface area contributed by atoms with Crippen molar-refractivity contribution in [1.82, 2.24) is 15.2 Å². The first kappa shape index (κ1) is 22.6. The smallest absolute Gasteiger partial charge is 0.410 e. The molecular formula is C23H30N4O4. The van der Waals surface area contributed by atoms with E-state index in [1.54, 1.807) is 24.1 Å². The van der Waals surface area contributed by atoms with Gasteiger partial charge in [0.15, 0.2) is 0 Å². The van der Waals surface area contributed by atoms with Gasteiger partial charge in [0.05, 0.1) is 17.7 Å². The highest BCUT2D eigenvalue weighted by atomic mass is 16.6. The highest BCUT2D eigenvalue weighted by Gasteiger charge is 2.36. The molecule has 3 rings (SSSR count). The van der Waals surface area contributed by atoms with E-state index in [0.717, 1.165) is 11.1 Å². The minimum atomic E-state index is -0.964. The largest absolute Gasteiger partial charge is 0.444 e. The third-order valence-electron chi connectivity index (χ3n) is 5.11. The molecule has 2 heterocycles. The van der Waals surface area contributed by atoms with Gasteiger partial charge >= 0.3 is 6.09 Å². The minimum absolute atomic E-state index is 0.00125. The van der Waals surface area contributed by atoms with Gasteiger partial charge < -0.3 is 20.5 Å². The standard InChI is InChI=1S/C23H30N4O4/c1-23(2,3)31-22(30)27-14-17-8-6-5-7-15(17)11-18(27)19(28)13-26-21(29)16-9-10-20(24-4)25-12-16/h5-10,12,18-19,28H,11,13-14H2,1-4H3,(H,24,25)(H,26,29)/t18?,19-/m1/s1. The molecule has 8 heteroatoms. The predicted molar refractivity (Wildman–Crippen MR) is 118 cm³/mol. The highest BCUT2D eigenvalue weighted by molar-refractivity contribution is 5.94. The summed E-state index contributed by atoms with van der Waals surface area (Å²) >= 11 is 0. The first-order chi connectivity index (χ1) is 14.7. The second kappa shape index (κ2) is 9.34. The van der Waals surface area contributed by atoms with Crippen LogP contribution in [0.3, 0.4) is 0 Å². The molecule has 1 unspecified atom stereocenters. The molecule has 2 amide bonds. The van der Waals surface area contributed by atoms with Crippen molar-refractivity contribution in [1.29, 1.82) is 0 Å². The Hall–Kier alpha value is -3.13. The van der Waals surface area contributed by atoms with Crippen LogP contribution in [0, 0.1) is 0 Å². The Bertz CT molecular complexity index is 924. The zero-order chi connectivity index (χ0) is 22.6. The summed E-state index contributed by atoms with van der Waals surface area (Å²) in [6, 6.07) is 10.7. The summed E-state index contributed by atoms with van der Waals surface area (Å²) < 4.78 is 5.56. The van der Waals surface area contributed by atoms with Gasteiger partial charge in [0.25, 0.3) is 5.91 Å². The molecule has 1 aliphatic rings. The molecule has 8 nitrogen and oxygen atoms in total. The topological polar surface area (TPSA) is 104 Å². The van der Waals surface area contributed by atoms with Gasteiger partial charge in [-0.15, -0.1) is 0 Å². The number of nitrogens with one attached hydrogen (secondary N) is 2. The highest BCUT2D eigenvalue weighted by Crippen LogP contribution is 2.27. The molecule has 31 heavy (non-hydrogen) atoms. The number of carbonyl (C=O) groups excluding carboxylic acids is 2. The molecule has 1 aromatic heterocycles. The first-order valence-electron chi connectivity index (χ1n) is 10.3. The maximum atomic E-state index is 12.8. The Balaban J connectivity index is 1.71. The number of carbonyl (C=O) groups is 2. The van der Waals surface area contributed by atoms with Crippen LogP contribution in [0.2, 0.25) is 0 Å². The van der Waals surface area contributed by atoms with Gasteiger partial charge in [0.2, 0.25) is 0 Å². The molecule has 0 aliphatic carbocycles. The van der Waals surface area contributed by atoms with E-state index in [-0.39, 0.29) is 12.5 Å². The quantitative estimate of drug-likeness (QED) is 0.679. The molecule has 0 saturated heterocycles. The van der Waals surface area contributed by atoms with Gasteiger partial charge in [-0.3, -0.25) is 9.69 Å². The van der Waals surface area contributed by atoms with E-state index in [0.29, 0.717) is 24.3 Å². The zero-order valence-corrected chi connectivity index (χ0v) is 18.4. The Kier molecular flexibility index (Phi) is 6.80. The summed E-state index contributed by atoms with van der Waals surface area (Å²) in [5.74, 6) is 0.319. The van der Waals surface area contributed by atoms with E-state index in [1.807, 2.05) is 45.0 Å². The Morgan fingerprint density at radius 3 is 2.55 bits per heavy atom. The van der Waals surface area contributed by atoms with Gasteiger partial charge in [-0.05, 0) is 50.5 Å². The van der Waals surface area contributed by atoms with E-state index < -0.39 is 23.8 Å². The van der Waals surface area contributed by atoms with Crippen molar-refractivity contribution in [2.24, 2.45) is 0 Å². The van der Waals surface area contributed by atoms with E-state index in [1.165, 1.54) is 6.20 Å². The number of fused-ring (bicyclic) bond motifs is 1. The van der Waals surface area contributed by atoms with Crippen LogP contribution in [0.1, 0.15) is 42.3 Å². The van der Waals surface area contributed by atoms with Crippen molar-refractivity contribution in [2.45, 2.75) is 51.5 Å². The van der Waals surface area contributed by atoms with Crippen LogP contribution in [-0.2, 0) is 17.7 Å². The lowest BCUT2D eigenvalue weighted by Gasteiger charge is -2.40. The molecule has 2 atom stereocenters. The number of amides is 2. The molecule has 1 aliphatic heterocycles. The Morgan fingerprint density at radius 2 is 1.94 bits per heavy atom. The van der Waals surface area contributed by atoms with Crippen LogP contribution in [0.5, 0.6) is 0 Å². The number of hydrogen-bond acceptors (Lipinski definition) is 6. The lowest BCUT2D eigenvalue weighted by molar-refractivity contribution is -0.0113. The first-order valence-corrected chi connectivity index (χ1v) is 10.3.